The van der Waals surface area contributed by atoms with Gasteiger partial charge in [-0.3, -0.25) is 4.98 Å². The van der Waals surface area contributed by atoms with E-state index >= 15 is 0 Å². The molecule has 2 heterocycles. The number of aryl methyl sites for hydroxylation is 3. The number of aromatic nitrogens is 1. The highest BCUT2D eigenvalue weighted by Gasteiger charge is 2.14. The fourth-order valence-electron chi connectivity index (χ4n) is 2.42. The van der Waals surface area contributed by atoms with Gasteiger partial charge in [-0.05, 0) is 49.6 Å². The maximum absolute atomic E-state index is 5.76. The predicted molar refractivity (Wildman–Crippen MR) is 73.7 cm³/mol. The topological polar surface area (TPSA) is 26.0 Å². The van der Waals surface area contributed by atoms with Crippen molar-refractivity contribution in [2.75, 3.05) is 0 Å². The molecule has 2 heteroatoms. The zero-order chi connectivity index (χ0) is 12.7. The number of pyridine rings is 1. The Morgan fingerprint density at radius 2 is 1.89 bits per heavy atom. The van der Waals surface area contributed by atoms with Gasteiger partial charge in [0.25, 0.3) is 0 Å². The Kier molecular flexibility index (Phi) is 2.44. The van der Waals surface area contributed by atoms with Crippen molar-refractivity contribution in [3.8, 4) is 11.3 Å². The average Bonchev–Trinajstić information content (AvgIpc) is 2.82. The highest BCUT2D eigenvalue weighted by atomic mass is 16.3. The predicted octanol–water partition coefficient (Wildman–Crippen LogP) is 4.42. The lowest BCUT2D eigenvalue weighted by Crippen LogP contribution is -1.87. The zero-order valence-corrected chi connectivity index (χ0v) is 10.8. The molecule has 0 fully saturated rings. The first-order valence-electron chi connectivity index (χ1n) is 6.08. The van der Waals surface area contributed by atoms with Gasteiger partial charge in [0.1, 0.15) is 11.8 Å². The molecule has 0 atom stereocenters. The summed E-state index contributed by atoms with van der Waals surface area (Å²) in [4.78, 5) is 4.40. The fraction of sp³-hybridized carbons (Fsp3) is 0.188. The van der Waals surface area contributed by atoms with Crippen LogP contribution in [0.4, 0.5) is 0 Å². The molecule has 0 saturated carbocycles. The number of nitrogens with zero attached hydrogens (tertiary/aromatic N) is 1. The lowest BCUT2D eigenvalue weighted by atomic mass is 9.99. The average molecular weight is 237 g/mol. The largest absolute Gasteiger partial charge is 0.463 e. The number of hydrogen-bond donors (Lipinski definition) is 0. The standard InChI is InChI=1S/C16H15NO/c1-10-8-11(2)15-13(9-18-16(15)12(10)3)14-6-4-5-7-17-14/h4-9H,1-3H3. The molecule has 0 bridgehead atoms. The molecule has 0 aliphatic heterocycles. The van der Waals surface area contributed by atoms with Crippen LogP contribution in [0.15, 0.2) is 41.1 Å². The molecule has 2 aromatic heterocycles. The van der Waals surface area contributed by atoms with Crippen LogP contribution in [0.25, 0.3) is 22.2 Å². The molecule has 90 valence electrons. The van der Waals surface area contributed by atoms with E-state index in [2.05, 4.69) is 31.8 Å². The summed E-state index contributed by atoms with van der Waals surface area (Å²) < 4.78 is 5.76. The van der Waals surface area contributed by atoms with Gasteiger partial charge in [0.05, 0.1) is 5.69 Å². The van der Waals surface area contributed by atoms with Crippen molar-refractivity contribution in [2.24, 2.45) is 0 Å². The molecule has 3 rings (SSSR count). The first-order valence-corrected chi connectivity index (χ1v) is 6.08. The molecule has 1 aromatic carbocycles. The molecule has 0 N–H and O–H groups in total. The van der Waals surface area contributed by atoms with Crippen LogP contribution < -0.4 is 0 Å². The van der Waals surface area contributed by atoms with E-state index in [0.717, 1.165) is 16.8 Å². The summed E-state index contributed by atoms with van der Waals surface area (Å²) in [7, 11) is 0. The van der Waals surface area contributed by atoms with Crippen LogP contribution >= 0.6 is 0 Å². The van der Waals surface area contributed by atoms with Gasteiger partial charge in [0.2, 0.25) is 0 Å². The summed E-state index contributed by atoms with van der Waals surface area (Å²) in [6.45, 7) is 6.34. The van der Waals surface area contributed by atoms with E-state index < -0.39 is 0 Å². The van der Waals surface area contributed by atoms with Crippen molar-refractivity contribution < 1.29 is 4.42 Å². The quantitative estimate of drug-likeness (QED) is 0.626. The molecule has 0 saturated heterocycles. The number of hydrogen-bond acceptors (Lipinski definition) is 2. The first-order chi connectivity index (χ1) is 8.68. The van der Waals surface area contributed by atoms with Crippen LogP contribution in [0.1, 0.15) is 16.7 Å². The number of furan rings is 1. The van der Waals surface area contributed by atoms with Gasteiger partial charge in [-0.2, -0.15) is 0 Å². The highest BCUT2D eigenvalue weighted by molar-refractivity contribution is 5.97. The van der Waals surface area contributed by atoms with Crippen LogP contribution in [0, 0.1) is 20.8 Å². The Balaban J connectivity index is 2.37. The van der Waals surface area contributed by atoms with Gasteiger partial charge >= 0.3 is 0 Å². The molecule has 0 amide bonds. The number of rotatable bonds is 1. The Hall–Kier alpha value is -2.09. The molecule has 3 aromatic rings. The molecule has 0 unspecified atom stereocenters. The molecule has 0 aliphatic carbocycles. The molecule has 0 aliphatic rings. The van der Waals surface area contributed by atoms with Gasteiger partial charge in [-0.25, -0.2) is 0 Å². The van der Waals surface area contributed by atoms with Gasteiger partial charge < -0.3 is 4.42 Å². The lowest BCUT2D eigenvalue weighted by molar-refractivity contribution is 0.613. The highest BCUT2D eigenvalue weighted by Crippen LogP contribution is 2.34. The maximum atomic E-state index is 5.76. The van der Waals surface area contributed by atoms with Crippen LogP contribution in [0.3, 0.4) is 0 Å². The van der Waals surface area contributed by atoms with Crippen molar-refractivity contribution in [3.05, 3.63) is 53.4 Å². The van der Waals surface area contributed by atoms with E-state index in [1.807, 2.05) is 30.7 Å². The fourth-order valence-corrected chi connectivity index (χ4v) is 2.42. The van der Waals surface area contributed by atoms with Crippen molar-refractivity contribution >= 4 is 11.0 Å². The van der Waals surface area contributed by atoms with E-state index in [-0.39, 0.29) is 0 Å². The van der Waals surface area contributed by atoms with E-state index in [1.54, 1.807) is 0 Å². The van der Waals surface area contributed by atoms with E-state index in [4.69, 9.17) is 4.42 Å². The summed E-state index contributed by atoms with van der Waals surface area (Å²) in [6, 6.07) is 8.14. The summed E-state index contributed by atoms with van der Waals surface area (Å²) in [5.74, 6) is 0. The normalized spacial score (nSPS) is 11.1. The maximum Gasteiger partial charge on any atom is 0.138 e. The first kappa shape index (κ1) is 11.0. The van der Waals surface area contributed by atoms with Gasteiger partial charge in [0.15, 0.2) is 0 Å². The van der Waals surface area contributed by atoms with Crippen LogP contribution in [0.5, 0.6) is 0 Å². The van der Waals surface area contributed by atoms with Gasteiger partial charge in [-0.15, -0.1) is 0 Å². The van der Waals surface area contributed by atoms with Gasteiger partial charge in [-0.1, -0.05) is 12.1 Å². The van der Waals surface area contributed by atoms with E-state index in [0.29, 0.717) is 0 Å². The third kappa shape index (κ3) is 1.53. The smallest absolute Gasteiger partial charge is 0.138 e. The van der Waals surface area contributed by atoms with E-state index in [1.165, 1.54) is 22.1 Å². The second-order valence-corrected chi connectivity index (χ2v) is 4.70. The van der Waals surface area contributed by atoms with Gasteiger partial charge in [0, 0.05) is 17.1 Å². The third-order valence-corrected chi connectivity index (χ3v) is 3.49. The SMILES string of the molecule is Cc1cc(C)c2c(-c3ccccn3)coc2c1C. The van der Waals surface area contributed by atoms with E-state index in [9.17, 15) is 0 Å². The second-order valence-electron chi connectivity index (χ2n) is 4.70. The van der Waals surface area contributed by atoms with Crippen molar-refractivity contribution in [3.63, 3.8) is 0 Å². The Morgan fingerprint density at radius 1 is 1.06 bits per heavy atom. The molecule has 18 heavy (non-hydrogen) atoms. The monoisotopic (exact) mass is 237 g/mol. The molecular weight excluding hydrogens is 222 g/mol. The molecular formula is C16H15NO. The van der Waals surface area contributed by atoms with Crippen molar-refractivity contribution in [1.29, 1.82) is 0 Å². The second kappa shape index (κ2) is 3.98. The number of benzene rings is 1. The molecule has 2 nitrogen and oxygen atoms in total. The van der Waals surface area contributed by atoms with Crippen LogP contribution in [0.2, 0.25) is 0 Å². The van der Waals surface area contributed by atoms with Crippen LogP contribution in [-0.2, 0) is 0 Å². The summed E-state index contributed by atoms with van der Waals surface area (Å²) in [5, 5.41) is 1.18. The summed E-state index contributed by atoms with van der Waals surface area (Å²) >= 11 is 0. The number of fused-ring (bicyclic) bond motifs is 1. The summed E-state index contributed by atoms with van der Waals surface area (Å²) in [5.41, 5.74) is 6.73. The minimum atomic E-state index is 0.961. The molecule has 0 spiro atoms. The Bertz CT molecular complexity index is 711. The summed E-state index contributed by atoms with van der Waals surface area (Å²) in [6.07, 6.45) is 3.62. The zero-order valence-electron chi connectivity index (χ0n) is 10.8. The molecule has 0 radical (unpaired) electrons. The van der Waals surface area contributed by atoms with Crippen molar-refractivity contribution in [1.82, 2.24) is 4.98 Å². The van der Waals surface area contributed by atoms with Crippen molar-refractivity contribution in [2.45, 2.75) is 20.8 Å². The minimum absolute atomic E-state index is 0.961. The Labute approximate surface area is 106 Å². The lowest BCUT2D eigenvalue weighted by Gasteiger charge is -2.05. The third-order valence-electron chi connectivity index (χ3n) is 3.49. The minimum Gasteiger partial charge on any atom is -0.463 e. The van der Waals surface area contributed by atoms with Crippen LogP contribution in [-0.4, -0.2) is 4.98 Å². The Morgan fingerprint density at radius 3 is 2.61 bits per heavy atom.